The standard InChI is InChI=1S/C17H20BN3O/c1-12-11-16-17(14-7-5-6-8-15(14)22-16)20(4)18(12)21-10-9-19(3)13(21)2/h5-11,13H,1-4H3/t13-/m0/s1. The predicted octanol–water partition coefficient (Wildman–Crippen LogP) is 3.38. The zero-order valence-corrected chi connectivity index (χ0v) is 13.4. The Kier molecular flexibility index (Phi) is 2.80. The SMILES string of the molecule is CC1=Cc2oc3ccccc3c2N(C)B1N1C=CN(C)[C@@H]1C. The molecule has 0 saturated heterocycles. The molecule has 0 amide bonds. The lowest BCUT2D eigenvalue weighted by molar-refractivity contribution is 0.272. The first-order chi connectivity index (χ1) is 10.6. The van der Waals surface area contributed by atoms with E-state index in [1.54, 1.807) is 0 Å². The van der Waals surface area contributed by atoms with Crippen LogP contribution in [0.25, 0.3) is 17.0 Å². The van der Waals surface area contributed by atoms with Gasteiger partial charge in [0.2, 0.25) is 0 Å². The fraction of sp³-hybridized carbons (Fsp3) is 0.294. The number of hydrogen-bond donors (Lipinski definition) is 0. The average molecular weight is 293 g/mol. The third-order valence-electron chi connectivity index (χ3n) is 4.86. The molecule has 0 unspecified atom stereocenters. The van der Waals surface area contributed by atoms with Gasteiger partial charge in [-0.1, -0.05) is 17.6 Å². The van der Waals surface area contributed by atoms with E-state index in [-0.39, 0.29) is 6.98 Å². The van der Waals surface area contributed by atoms with Gasteiger partial charge in [-0.3, -0.25) is 0 Å². The molecular formula is C17H20BN3O. The van der Waals surface area contributed by atoms with Crippen molar-refractivity contribution in [2.45, 2.75) is 20.0 Å². The molecule has 4 nitrogen and oxygen atoms in total. The van der Waals surface area contributed by atoms with Gasteiger partial charge in [0.05, 0.1) is 11.9 Å². The number of furan rings is 1. The molecule has 5 heteroatoms. The van der Waals surface area contributed by atoms with Crippen molar-refractivity contribution in [2.24, 2.45) is 0 Å². The smallest absolute Gasteiger partial charge is 0.408 e. The Morgan fingerprint density at radius 3 is 2.64 bits per heavy atom. The van der Waals surface area contributed by atoms with Gasteiger partial charge in [0.1, 0.15) is 11.3 Å². The van der Waals surface area contributed by atoms with Crippen molar-refractivity contribution in [1.29, 1.82) is 0 Å². The normalized spacial score (nSPS) is 20.9. The predicted molar refractivity (Wildman–Crippen MR) is 92.2 cm³/mol. The Hall–Kier alpha value is -2.30. The molecule has 2 aromatic rings. The summed E-state index contributed by atoms with van der Waals surface area (Å²) in [6, 6.07) is 8.25. The van der Waals surface area contributed by atoms with Crippen LogP contribution in [-0.2, 0) is 0 Å². The highest BCUT2D eigenvalue weighted by molar-refractivity contribution is 6.70. The topological polar surface area (TPSA) is 22.9 Å². The molecule has 4 rings (SSSR count). The molecule has 0 spiro atoms. The lowest BCUT2D eigenvalue weighted by Gasteiger charge is -2.39. The molecule has 0 bridgehead atoms. The number of fused-ring (bicyclic) bond motifs is 3. The van der Waals surface area contributed by atoms with Crippen LogP contribution in [0, 0.1) is 0 Å². The Morgan fingerprint density at radius 1 is 1.14 bits per heavy atom. The third-order valence-corrected chi connectivity index (χ3v) is 4.86. The number of nitrogens with zero attached hydrogens (tertiary/aromatic N) is 3. The molecule has 1 aromatic heterocycles. The summed E-state index contributed by atoms with van der Waals surface area (Å²) in [5.74, 6) is 0.960. The molecule has 112 valence electrons. The van der Waals surface area contributed by atoms with Crippen molar-refractivity contribution in [1.82, 2.24) is 9.71 Å². The van der Waals surface area contributed by atoms with Crippen LogP contribution < -0.4 is 4.81 Å². The van der Waals surface area contributed by atoms with Gasteiger partial charge < -0.3 is 18.9 Å². The van der Waals surface area contributed by atoms with E-state index in [9.17, 15) is 0 Å². The van der Waals surface area contributed by atoms with Crippen molar-refractivity contribution in [3.05, 3.63) is 47.9 Å². The summed E-state index contributed by atoms with van der Waals surface area (Å²) in [6.07, 6.45) is 6.83. The lowest BCUT2D eigenvalue weighted by atomic mass is 9.61. The number of anilines is 1. The summed E-state index contributed by atoms with van der Waals surface area (Å²) >= 11 is 0. The number of rotatable bonds is 1. The lowest BCUT2D eigenvalue weighted by Crippen LogP contribution is -2.55. The van der Waals surface area contributed by atoms with Crippen molar-refractivity contribution in [3.8, 4) is 0 Å². The van der Waals surface area contributed by atoms with Crippen LogP contribution in [0.15, 0.2) is 46.6 Å². The first-order valence-electron chi connectivity index (χ1n) is 7.68. The number of benzene rings is 1. The molecule has 1 atom stereocenters. The highest BCUT2D eigenvalue weighted by Crippen LogP contribution is 2.40. The number of hydrogen-bond acceptors (Lipinski definition) is 4. The Balaban J connectivity index is 1.83. The molecule has 0 aliphatic carbocycles. The van der Waals surface area contributed by atoms with Crippen LogP contribution in [-0.4, -0.2) is 37.0 Å². The molecule has 3 heterocycles. The van der Waals surface area contributed by atoms with E-state index in [1.165, 1.54) is 16.5 Å². The largest absolute Gasteiger partial charge is 0.455 e. The van der Waals surface area contributed by atoms with Gasteiger partial charge in [0.15, 0.2) is 0 Å². The number of allylic oxidation sites excluding steroid dienone is 1. The summed E-state index contributed by atoms with van der Waals surface area (Å²) in [5.41, 5.74) is 3.42. The van der Waals surface area contributed by atoms with Gasteiger partial charge in [0, 0.05) is 24.8 Å². The van der Waals surface area contributed by atoms with Crippen molar-refractivity contribution >= 4 is 29.7 Å². The summed E-state index contributed by atoms with van der Waals surface area (Å²) in [4.78, 5) is 6.94. The minimum absolute atomic E-state index is 0.213. The minimum Gasteiger partial charge on any atom is -0.455 e. The second-order valence-electron chi connectivity index (χ2n) is 6.23. The first-order valence-corrected chi connectivity index (χ1v) is 7.68. The van der Waals surface area contributed by atoms with E-state index >= 15 is 0 Å². The Bertz CT molecular complexity index is 794. The van der Waals surface area contributed by atoms with Gasteiger partial charge in [-0.25, -0.2) is 0 Å². The summed E-state index contributed by atoms with van der Waals surface area (Å²) in [5, 5.41) is 1.18. The Morgan fingerprint density at radius 2 is 1.91 bits per heavy atom. The van der Waals surface area contributed by atoms with Gasteiger partial charge in [-0.15, -0.1) is 0 Å². The maximum atomic E-state index is 6.03. The van der Waals surface area contributed by atoms with E-state index < -0.39 is 0 Å². The fourth-order valence-electron chi connectivity index (χ4n) is 3.58. The van der Waals surface area contributed by atoms with E-state index in [0.717, 1.165) is 11.3 Å². The summed E-state index contributed by atoms with van der Waals surface area (Å²) < 4.78 is 6.03. The molecule has 1 aromatic carbocycles. The van der Waals surface area contributed by atoms with Crippen LogP contribution in [0.2, 0.25) is 0 Å². The van der Waals surface area contributed by atoms with Gasteiger partial charge in [0.25, 0.3) is 0 Å². The summed E-state index contributed by atoms with van der Waals surface area (Å²) in [7, 11) is 4.27. The second-order valence-corrected chi connectivity index (χ2v) is 6.23. The average Bonchev–Trinajstić information content (AvgIpc) is 3.01. The van der Waals surface area contributed by atoms with Crippen LogP contribution in [0.3, 0.4) is 0 Å². The molecular weight excluding hydrogens is 273 g/mol. The summed E-state index contributed by atoms with van der Waals surface area (Å²) in [6.45, 7) is 4.62. The van der Waals surface area contributed by atoms with E-state index in [0.29, 0.717) is 6.17 Å². The quantitative estimate of drug-likeness (QED) is 0.752. The fourth-order valence-corrected chi connectivity index (χ4v) is 3.58. The van der Waals surface area contributed by atoms with Crippen molar-refractivity contribution < 1.29 is 4.42 Å². The molecule has 0 fully saturated rings. The van der Waals surface area contributed by atoms with Crippen LogP contribution in [0.4, 0.5) is 5.69 Å². The van der Waals surface area contributed by atoms with Gasteiger partial charge in [-0.2, -0.15) is 0 Å². The Labute approximate surface area is 131 Å². The van der Waals surface area contributed by atoms with Crippen LogP contribution in [0.1, 0.15) is 19.6 Å². The van der Waals surface area contributed by atoms with Gasteiger partial charge >= 0.3 is 6.98 Å². The van der Waals surface area contributed by atoms with E-state index in [1.807, 2.05) is 12.1 Å². The first kappa shape index (κ1) is 13.4. The maximum absolute atomic E-state index is 6.03. The second kappa shape index (κ2) is 4.60. The molecule has 22 heavy (non-hydrogen) atoms. The van der Waals surface area contributed by atoms with Crippen molar-refractivity contribution in [2.75, 3.05) is 18.9 Å². The van der Waals surface area contributed by atoms with Gasteiger partial charge in [-0.05, 0) is 39.1 Å². The van der Waals surface area contributed by atoms with E-state index in [4.69, 9.17) is 4.42 Å². The molecule has 2 aliphatic rings. The zero-order chi connectivity index (χ0) is 15.4. The molecule has 2 aliphatic heterocycles. The van der Waals surface area contributed by atoms with Crippen LogP contribution >= 0.6 is 0 Å². The minimum atomic E-state index is 0.213. The highest BCUT2D eigenvalue weighted by Gasteiger charge is 2.39. The molecule has 0 saturated carbocycles. The maximum Gasteiger partial charge on any atom is 0.408 e. The highest BCUT2D eigenvalue weighted by atomic mass is 16.3. The zero-order valence-electron chi connectivity index (χ0n) is 13.4. The van der Waals surface area contributed by atoms with Crippen LogP contribution in [0.5, 0.6) is 0 Å². The molecule has 0 radical (unpaired) electrons. The third kappa shape index (κ3) is 1.71. The van der Waals surface area contributed by atoms with Crippen molar-refractivity contribution in [3.63, 3.8) is 0 Å². The van der Waals surface area contributed by atoms with E-state index in [2.05, 4.69) is 73.1 Å². The molecule has 0 N–H and O–H groups in total. The monoisotopic (exact) mass is 293 g/mol. The number of para-hydroxylation sites is 1.